The van der Waals surface area contributed by atoms with Crippen LogP contribution in [-0.4, -0.2) is 43.0 Å². The van der Waals surface area contributed by atoms with Crippen molar-refractivity contribution >= 4 is 22.3 Å². The number of pyridine rings is 1. The number of aliphatic hydroxyl groups excluding tert-OH is 1. The van der Waals surface area contributed by atoms with Gasteiger partial charge in [0.25, 0.3) is 0 Å². The molecular formula is C18H28N4O. The van der Waals surface area contributed by atoms with E-state index in [-0.39, 0.29) is 0 Å². The van der Waals surface area contributed by atoms with Crippen LogP contribution in [0.2, 0.25) is 0 Å². The smallest absolute Gasteiger partial charge is 0.121 e. The molecule has 0 radical (unpaired) electrons. The molecule has 0 aliphatic heterocycles. The summed E-state index contributed by atoms with van der Waals surface area (Å²) in [7, 11) is 4.08. The summed E-state index contributed by atoms with van der Waals surface area (Å²) in [4.78, 5) is 6.85. The lowest BCUT2D eigenvalue weighted by atomic mass is 10.1. The standard InChI is InChI=1S/C18H28N4O/c1-5-14(10-11-19-3)22(4)17-12-20-16-9-7-6-8-15(16)18(17)21-13(2)23/h6-9,12-14,19,23H,5,10-11H2,1-4H3,(H,20,21). The van der Waals surface area contributed by atoms with Gasteiger partial charge in [0.2, 0.25) is 0 Å². The van der Waals surface area contributed by atoms with Gasteiger partial charge in [-0.1, -0.05) is 25.1 Å². The van der Waals surface area contributed by atoms with Gasteiger partial charge in [-0.25, -0.2) is 0 Å². The van der Waals surface area contributed by atoms with Gasteiger partial charge in [0.1, 0.15) is 6.23 Å². The Kier molecular flexibility index (Phi) is 6.19. The van der Waals surface area contributed by atoms with Crippen molar-refractivity contribution in [3.05, 3.63) is 30.5 Å². The van der Waals surface area contributed by atoms with Gasteiger partial charge in [0, 0.05) is 18.5 Å². The molecule has 2 atom stereocenters. The quantitative estimate of drug-likeness (QED) is 0.654. The monoisotopic (exact) mass is 316 g/mol. The summed E-state index contributed by atoms with van der Waals surface area (Å²) in [5.74, 6) is 0. The number of hydrogen-bond acceptors (Lipinski definition) is 5. The highest BCUT2D eigenvalue weighted by molar-refractivity contribution is 5.97. The van der Waals surface area contributed by atoms with Gasteiger partial charge < -0.3 is 20.6 Å². The average molecular weight is 316 g/mol. The van der Waals surface area contributed by atoms with E-state index in [2.05, 4.69) is 34.5 Å². The van der Waals surface area contributed by atoms with Crippen molar-refractivity contribution in [3.63, 3.8) is 0 Å². The molecule has 2 unspecified atom stereocenters. The molecule has 5 heteroatoms. The van der Waals surface area contributed by atoms with Crippen LogP contribution in [0.25, 0.3) is 10.9 Å². The van der Waals surface area contributed by atoms with E-state index in [1.807, 2.05) is 37.5 Å². The number of nitrogens with one attached hydrogen (secondary N) is 2. The maximum atomic E-state index is 9.85. The first-order chi connectivity index (χ1) is 11.1. The lowest BCUT2D eigenvalue weighted by Gasteiger charge is -2.31. The second-order valence-corrected chi connectivity index (χ2v) is 5.92. The molecule has 1 aromatic heterocycles. The molecule has 0 amide bonds. The number of benzene rings is 1. The minimum absolute atomic E-state index is 0.417. The van der Waals surface area contributed by atoms with Gasteiger partial charge in [-0.15, -0.1) is 0 Å². The maximum absolute atomic E-state index is 9.85. The number of aliphatic hydroxyl groups is 1. The van der Waals surface area contributed by atoms with Crippen molar-refractivity contribution in [2.24, 2.45) is 0 Å². The van der Waals surface area contributed by atoms with Gasteiger partial charge in [-0.3, -0.25) is 4.98 Å². The van der Waals surface area contributed by atoms with Crippen LogP contribution in [0.3, 0.4) is 0 Å². The van der Waals surface area contributed by atoms with Crippen molar-refractivity contribution in [3.8, 4) is 0 Å². The molecule has 0 bridgehead atoms. The molecule has 0 spiro atoms. The molecule has 3 N–H and O–H groups in total. The first-order valence-electron chi connectivity index (χ1n) is 8.28. The predicted molar refractivity (Wildman–Crippen MR) is 98.1 cm³/mol. The van der Waals surface area contributed by atoms with Crippen LogP contribution in [0, 0.1) is 0 Å². The van der Waals surface area contributed by atoms with Crippen LogP contribution in [0.4, 0.5) is 11.4 Å². The van der Waals surface area contributed by atoms with Crippen LogP contribution in [-0.2, 0) is 0 Å². The Morgan fingerprint density at radius 2 is 2.04 bits per heavy atom. The molecule has 23 heavy (non-hydrogen) atoms. The van der Waals surface area contributed by atoms with Crippen molar-refractivity contribution in [2.75, 3.05) is 30.9 Å². The van der Waals surface area contributed by atoms with Crippen LogP contribution >= 0.6 is 0 Å². The van der Waals surface area contributed by atoms with E-state index < -0.39 is 6.23 Å². The minimum Gasteiger partial charge on any atom is -0.374 e. The first-order valence-corrected chi connectivity index (χ1v) is 8.28. The van der Waals surface area contributed by atoms with E-state index in [0.29, 0.717) is 6.04 Å². The van der Waals surface area contributed by atoms with E-state index in [4.69, 9.17) is 0 Å². The predicted octanol–water partition coefficient (Wildman–Crippen LogP) is 2.81. The fourth-order valence-electron chi connectivity index (χ4n) is 2.94. The van der Waals surface area contributed by atoms with Crippen molar-refractivity contribution in [1.29, 1.82) is 0 Å². The number of hydrogen-bond donors (Lipinski definition) is 3. The Labute approximate surface area is 138 Å². The summed E-state index contributed by atoms with van der Waals surface area (Å²) in [6.07, 6.45) is 3.39. The van der Waals surface area contributed by atoms with Crippen molar-refractivity contribution < 1.29 is 5.11 Å². The Bertz CT molecular complexity index is 629. The largest absolute Gasteiger partial charge is 0.374 e. The zero-order chi connectivity index (χ0) is 16.8. The Balaban J connectivity index is 2.45. The maximum Gasteiger partial charge on any atom is 0.121 e. The molecule has 0 saturated carbocycles. The molecule has 1 aromatic carbocycles. The highest BCUT2D eigenvalue weighted by Gasteiger charge is 2.19. The molecule has 2 aromatic rings. The fraction of sp³-hybridized carbons (Fsp3) is 0.500. The third-order valence-electron chi connectivity index (χ3n) is 4.24. The fourth-order valence-corrected chi connectivity index (χ4v) is 2.94. The van der Waals surface area contributed by atoms with Gasteiger partial charge in [-0.2, -0.15) is 0 Å². The topological polar surface area (TPSA) is 60.4 Å². The Morgan fingerprint density at radius 1 is 1.30 bits per heavy atom. The first kappa shape index (κ1) is 17.5. The summed E-state index contributed by atoms with van der Waals surface area (Å²) >= 11 is 0. The highest BCUT2D eigenvalue weighted by atomic mass is 16.3. The molecule has 126 valence electrons. The SMILES string of the molecule is CCC(CCNC)N(C)c1cnc2ccccc2c1NC(C)O. The van der Waals surface area contributed by atoms with Crippen molar-refractivity contribution in [1.82, 2.24) is 10.3 Å². The average Bonchev–Trinajstić information content (AvgIpc) is 2.55. The normalized spacial score (nSPS) is 13.8. The summed E-state index contributed by atoms with van der Waals surface area (Å²) in [5.41, 5.74) is 2.89. The van der Waals surface area contributed by atoms with Gasteiger partial charge in [0.05, 0.1) is 23.1 Å². The number of para-hydroxylation sites is 1. The lowest BCUT2D eigenvalue weighted by Crippen LogP contribution is -2.34. The number of anilines is 2. The molecule has 0 aliphatic rings. The summed E-state index contributed by atoms with van der Waals surface area (Å²) in [6.45, 7) is 4.91. The zero-order valence-electron chi connectivity index (χ0n) is 14.5. The number of fused-ring (bicyclic) bond motifs is 1. The molecule has 2 rings (SSSR count). The Morgan fingerprint density at radius 3 is 2.70 bits per heavy atom. The molecule has 5 nitrogen and oxygen atoms in total. The molecule has 0 saturated heterocycles. The summed E-state index contributed by atoms with van der Waals surface area (Å²) in [6, 6.07) is 8.43. The lowest BCUT2D eigenvalue weighted by molar-refractivity contribution is 0.224. The van der Waals surface area contributed by atoms with Crippen LogP contribution in [0.15, 0.2) is 30.5 Å². The number of aromatic nitrogens is 1. The third-order valence-corrected chi connectivity index (χ3v) is 4.24. The number of nitrogens with zero attached hydrogens (tertiary/aromatic N) is 2. The molecule has 1 heterocycles. The second kappa shape index (κ2) is 8.13. The zero-order valence-corrected chi connectivity index (χ0v) is 14.5. The van der Waals surface area contributed by atoms with E-state index in [0.717, 1.165) is 41.7 Å². The van der Waals surface area contributed by atoms with E-state index in [1.54, 1.807) is 6.92 Å². The van der Waals surface area contributed by atoms with Gasteiger partial charge >= 0.3 is 0 Å². The van der Waals surface area contributed by atoms with Gasteiger partial charge in [-0.05, 0) is 39.4 Å². The number of rotatable bonds is 8. The van der Waals surface area contributed by atoms with Crippen LogP contribution in [0.5, 0.6) is 0 Å². The third kappa shape index (κ3) is 4.12. The molecule has 0 aliphatic carbocycles. The molecular weight excluding hydrogens is 288 g/mol. The van der Waals surface area contributed by atoms with Gasteiger partial charge in [0.15, 0.2) is 0 Å². The van der Waals surface area contributed by atoms with Crippen LogP contribution in [0.1, 0.15) is 26.7 Å². The van der Waals surface area contributed by atoms with Crippen LogP contribution < -0.4 is 15.5 Å². The second-order valence-electron chi connectivity index (χ2n) is 5.92. The van der Waals surface area contributed by atoms with Crippen molar-refractivity contribution in [2.45, 2.75) is 39.0 Å². The minimum atomic E-state index is -0.620. The summed E-state index contributed by atoms with van der Waals surface area (Å²) < 4.78 is 0. The summed E-state index contributed by atoms with van der Waals surface area (Å²) in [5, 5.41) is 17.3. The van der Waals surface area contributed by atoms with E-state index in [9.17, 15) is 5.11 Å². The Hall–Kier alpha value is -1.85. The highest BCUT2D eigenvalue weighted by Crippen LogP contribution is 2.34. The van der Waals surface area contributed by atoms with E-state index >= 15 is 0 Å². The molecule has 0 fully saturated rings. The van der Waals surface area contributed by atoms with E-state index in [1.165, 1.54) is 0 Å².